The van der Waals surface area contributed by atoms with Crippen LogP contribution >= 0.6 is 12.2 Å². The number of nitro groups is 1. The van der Waals surface area contributed by atoms with E-state index in [1.54, 1.807) is 43.3 Å². The van der Waals surface area contributed by atoms with Gasteiger partial charge in [-0.2, -0.15) is 0 Å². The van der Waals surface area contributed by atoms with Gasteiger partial charge < -0.3 is 10.1 Å². The van der Waals surface area contributed by atoms with Crippen LogP contribution in [0.5, 0.6) is 5.75 Å². The van der Waals surface area contributed by atoms with Crippen LogP contribution in [0.3, 0.4) is 0 Å². The molecule has 0 saturated heterocycles. The summed E-state index contributed by atoms with van der Waals surface area (Å²) in [7, 11) is 0. The number of nitrogens with one attached hydrogen (secondary N) is 2. The lowest BCUT2D eigenvalue weighted by atomic mass is 10.1. The van der Waals surface area contributed by atoms with Crippen molar-refractivity contribution >= 4 is 34.6 Å². The Balaban J connectivity index is 2.04. The van der Waals surface area contributed by atoms with Crippen LogP contribution in [-0.4, -0.2) is 22.5 Å². The number of benzene rings is 2. The Bertz CT molecular complexity index is 884. The number of thiocarbonyl (C=S) groups is 1. The normalized spacial score (nSPS) is 10.4. The van der Waals surface area contributed by atoms with Gasteiger partial charge in [0.05, 0.1) is 17.1 Å². The summed E-state index contributed by atoms with van der Waals surface area (Å²) in [6.07, 6.45) is 0.877. The molecule has 0 unspecified atom stereocenters. The first-order valence-corrected chi connectivity index (χ1v) is 9.28. The number of amides is 1. The van der Waals surface area contributed by atoms with Crippen molar-refractivity contribution in [3.63, 3.8) is 0 Å². The molecule has 0 aliphatic carbocycles. The summed E-state index contributed by atoms with van der Waals surface area (Å²) < 4.78 is 5.72. The van der Waals surface area contributed by atoms with Gasteiger partial charge in [-0.25, -0.2) is 0 Å². The number of nitro benzene ring substituents is 1. The molecule has 148 valence electrons. The number of anilines is 1. The van der Waals surface area contributed by atoms with Crippen LogP contribution < -0.4 is 15.4 Å². The Morgan fingerprint density at radius 1 is 1.25 bits per heavy atom. The smallest absolute Gasteiger partial charge is 0.274 e. The largest absolute Gasteiger partial charge is 0.493 e. The highest BCUT2D eigenvalue weighted by molar-refractivity contribution is 7.80. The van der Waals surface area contributed by atoms with Gasteiger partial charge in [0, 0.05) is 17.3 Å². The number of para-hydroxylation sites is 1. The second-order valence-electron chi connectivity index (χ2n) is 6.69. The van der Waals surface area contributed by atoms with E-state index in [1.165, 1.54) is 6.07 Å². The van der Waals surface area contributed by atoms with E-state index in [-0.39, 0.29) is 10.8 Å². The molecule has 7 nitrogen and oxygen atoms in total. The minimum Gasteiger partial charge on any atom is -0.493 e. The van der Waals surface area contributed by atoms with Crippen molar-refractivity contribution in [3.8, 4) is 5.75 Å². The lowest BCUT2D eigenvalue weighted by molar-refractivity contribution is -0.385. The first-order valence-electron chi connectivity index (χ1n) is 8.87. The maximum atomic E-state index is 12.6. The molecule has 0 heterocycles. The van der Waals surface area contributed by atoms with Gasteiger partial charge >= 0.3 is 0 Å². The fourth-order valence-electron chi connectivity index (χ4n) is 2.40. The number of aryl methyl sites for hydroxylation is 1. The summed E-state index contributed by atoms with van der Waals surface area (Å²) in [4.78, 5) is 23.1. The summed E-state index contributed by atoms with van der Waals surface area (Å²) in [5.74, 6) is 0.560. The molecule has 2 rings (SSSR count). The van der Waals surface area contributed by atoms with Crippen LogP contribution in [0.2, 0.25) is 0 Å². The van der Waals surface area contributed by atoms with Crippen molar-refractivity contribution in [2.45, 2.75) is 27.2 Å². The maximum absolute atomic E-state index is 12.6. The van der Waals surface area contributed by atoms with Crippen LogP contribution in [0, 0.1) is 23.0 Å². The molecule has 0 fully saturated rings. The standard InChI is InChI=1S/C20H23N3O4S/c1-13(2)10-11-27-18-7-5-4-6-16(18)19(24)22-20(28)21-15-9-8-14(3)17(12-15)23(25)26/h4-9,12-13H,10-11H2,1-3H3,(H2,21,22,24,28). The molecule has 0 bridgehead atoms. The molecule has 0 aliphatic rings. The lowest BCUT2D eigenvalue weighted by Crippen LogP contribution is -2.34. The van der Waals surface area contributed by atoms with Crippen molar-refractivity contribution in [2.24, 2.45) is 5.92 Å². The van der Waals surface area contributed by atoms with Crippen LogP contribution in [0.15, 0.2) is 42.5 Å². The van der Waals surface area contributed by atoms with Crippen molar-refractivity contribution in [3.05, 3.63) is 63.7 Å². The Kier molecular flexibility index (Phi) is 7.45. The lowest BCUT2D eigenvalue weighted by Gasteiger charge is -2.14. The number of carbonyl (C=O) groups is 1. The average Bonchev–Trinajstić information content (AvgIpc) is 2.63. The van der Waals surface area contributed by atoms with Gasteiger partial charge in [0.2, 0.25) is 0 Å². The van der Waals surface area contributed by atoms with Gasteiger partial charge in [-0.05, 0) is 49.7 Å². The Morgan fingerprint density at radius 2 is 1.96 bits per heavy atom. The fourth-order valence-corrected chi connectivity index (χ4v) is 2.61. The molecular formula is C20H23N3O4S. The first kappa shape index (κ1) is 21.3. The van der Waals surface area contributed by atoms with Gasteiger partial charge in [0.15, 0.2) is 5.11 Å². The Morgan fingerprint density at radius 3 is 2.64 bits per heavy atom. The Labute approximate surface area is 169 Å². The monoisotopic (exact) mass is 401 g/mol. The quantitative estimate of drug-likeness (QED) is 0.404. The van der Waals surface area contributed by atoms with E-state index in [1.807, 2.05) is 0 Å². The molecule has 2 aromatic carbocycles. The van der Waals surface area contributed by atoms with E-state index in [4.69, 9.17) is 17.0 Å². The summed E-state index contributed by atoms with van der Waals surface area (Å²) in [6, 6.07) is 11.6. The summed E-state index contributed by atoms with van der Waals surface area (Å²) in [5.41, 5.74) is 1.30. The number of hydrogen-bond donors (Lipinski definition) is 2. The predicted molar refractivity (Wildman–Crippen MR) is 113 cm³/mol. The van der Waals surface area contributed by atoms with Gasteiger partial charge in [-0.1, -0.05) is 32.0 Å². The molecule has 0 atom stereocenters. The molecule has 2 N–H and O–H groups in total. The Hall–Kier alpha value is -3.00. The van der Waals surface area contributed by atoms with Crippen molar-refractivity contribution in [1.29, 1.82) is 0 Å². The van der Waals surface area contributed by atoms with E-state index >= 15 is 0 Å². The molecule has 0 radical (unpaired) electrons. The van der Waals surface area contributed by atoms with Crippen molar-refractivity contribution in [1.82, 2.24) is 5.32 Å². The van der Waals surface area contributed by atoms with Crippen LogP contribution in [0.1, 0.15) is 36.2 Å². The number of rotatable bonds is 7. The topological polar surface area (TPSA) is 93.5 Å². The molecule has 0 spiro atoms. The predicted octanol–water partition coefficient (Wildman–Crippen LogP) is 4.45. The minimum atomic E-state index is -0.465. The minimum absolute atomic E-state index is 0.0250. The van der Waals surface area contributed by atoms with E-state index < -0.39 is 10.8 Å². The zero-order valence-corrected chi connectivity index (χ0v) is 16.8. The number of carbonyl (C=O) groups excluding carboxylic acids is 1. The third-order valence-corrected chi connectivity index (χ3v) is 4.18. The average molecular weight is 401 g/mol. The zero-order chi connectivity index (χ0) is 20.7. The van der Waals surface area contributed by atoms with E-state index in [9.17, 15) is 14.9 Å². The van der Waals surface area contributed by atoms with E-state index in [0.717, 1.165) is 6.42 Å². The van der Waals surface area contributed by atoms with E-state index in [0.29, 0.717) is 35.1 Å². The fraction of sp³-hybridized carbons (Fsp3) is 0.300. The molecule has 1 amide bonds. The zero-order valence-electron chi connectivity index (χ0n) is 16.0. The second kappa shape index (κ2) is 9.80. The van der Waals surface area contributed by atoms with Gasteiger partial charge in [-0.15, -0.1) is 0 Å². The highest BCUT2D eigenvalue weighted by Crippen LogP contribution is 2.22. The van der Waals surface area contributed by atoms with Crippen molar-refractivity contribution < 1.29 is 14.5 Å². The van der Waals surface area contributed by atoms with Crippen molar-refractivity contribution in [2.75, 3.05) is 11.9 Å². The molecule has 28 heavy (non-hydrogen) atoms. The highest BCUT2D eigenvalue weighted by Gasteiger charge is 2.15. The molecule has 0 aliphatic heterocycles. The molecule has 0 aromatic heterocycles. The third kappa shape index (κ3) is 6.02. The molecule has 8 heteroatoms. The number of nitrogens with zero attached hydrogens (tertiary/aromatic N) is 1. The molecule has 0 saturated carbocycles. The molecule has 2 aromatic rings. The van der Waals surface area contributed by atoms with Crippen LogP contribution in [0.4, 0.5) is 11.4 Å². The SMILES string of the molecule is Cc1ccc(NC(=S)NC(=O)c2ccccc2OCCC(C)C)cc1[N+](=O)[O-]. The summed E-state index contributed by atoms with van der Waals surface area (Å²) >= 11 is 5.17. The van der Waals surface area contributed by atoms with Gasteiger partial charge in [0.1, 0.15) is 5.75 Å². The van der Waals surface area contributed by atoms with Gasteiger partial charge in [0.25, 0.3) is 11.6 Å². The molecular weight excluding hydrogens is 378 g/mol. The van der Waals surface area contributed by atoms with Crippen LogP contribution in [-0.2, 0) is 0 Å². The van der Waals surface area contributed by atoms with Crippen LogP contribution in [0.25, 0.3) is 0 Å². The summed E-state index contributed by atoms with van der Waals surface area (Å²) in [5, 5.41) is 16.5. The number of hydrogen-bond acceptors (Lipinski definition) is 5. The number of ether oxygens (including phenoxy) is 1. The van der Waals surface area contributed by atoms with E-state index in [2.05, 4.69) is 24.5 Å². The van der Waals surface area contributed by atoms with Gasteiger partial charge in [-0.3, -0.25) is 20.2 Å². The highest BCUT2D eigenvalue weighted by atomic mass is 32.1. The maximum Gasteiger partial charge on any atom is 0.274 e. The second-order valence-corrected chi connectivity index (χ2v) is 7.10. The first-order chi connectivity index (χ1) is 13.3. The third-order valence-electron chi connectivity index (χ3n) is 3.98. The summed E-state index contributed by atoms with van der Waals surface area (Å²) in [6.45, 7) is 6.36.